The Morgan fingerprint density at radius 2 is 2.12 bits per heavy atom. The summed E-state index contributed by atoms with van der Waals surface area (Å²) in [4.78, 5) is 12.1. The monoisotopic (exact) mass is 257 g/mol. The van der Waals surface area contributed by atoms with Crippen molar-refractivity contribution in [2.24, 2.45) is 4.99 Å². The van der Waals surface area contributed by atoms with E-state index in [9.17, 15) is 0 Å². The van der Waals surface area contributed by atoms with Crippen LogP contribution in [0.2, 0.25) is 5.15 Å². The van der Waals surface area contributed by atoms with Crippen molar-refractivity contribution in [2.45, 2.75) is 6.61 Å². The molecule has 0 radical (unpaired) electrons. The molecule has 1 saturated heterocycles. The van der Waals surface area contributed by atoms with Crippen molar-refractivity contribution in [2.75, 3.05) is 20.2 Å². The van der Waals surface area contributed by atoms with Crippen molar-refractivity contribution in [1.82, 2.24) is 20.6 Å². The Bertz CT molecular complexity index is 443. The number of aromatic nitrogens is 2. The van der Waals surface area contributed by atoms with Crippen molar-refractivity contribution in [3.05, 3.63) is 11.0 Å². The van der Waals surface area contributed by atoms with E-state index in [1.54, 1.807) is 0 Å². The van der Waals surface area contributed by atoms with Gasteiger partial charge in [0.15, 0.2) is 22.6 Å². The first kappa shape index (κ1) is 11.9. The third-order valence-corrected chi connectivity index (χ3v) is 2.39. The molecule has 0 atom stereocenters. The molecule has 1 aliphatic rings. The largest absolute Gasteiger partial charge is 0.479 e. The number of guanidine groups is 1. The molecule has 0 unspecified atom stereocenters. The van der Waals surface area contributed by atoms with Crippen LogP contribution in [0.4, 0.5) is 5.69 Å². The highest BCUT2D eigenvalue weighted by Crippen LogP contribution is 2.32. The maximum Gasteiger partial charge on any atom is 0.244 e. The van der Waals surface area contributed by atoms with E-state index < -0.39 is 0 Å². The maximum absolute atomic E-state index is 8.96. The minimum Gasteiger partial charge on any atom is -0.479 e. The van der Waals surface area contributed by atoms with Crippen LogP contribution >= 0.6 is 11.6 Å². The van der Waals surface area contributed by atoms with Crippen LogP contribution in [0.15, 0.2) is 4.99 Å². The number of hydrogen-bond donors (Lipinski definition) is 3. The first-order chi connectivity index (χ1) is 8.24. The third kappa shape index (κ3) is 2.56. The van der Waals surface area contributed by atoms with Crippen LogP contribution in [0, 0.1) is 0 Å². The number of nitrogens with one attached hydrogen (secondary N) is 2. The highest BCUT2D eigenvalue weighted by atomic mass is 35.5. The second kappa shape index (κ2) is 5.15. The van der Waals surface area contributed by atoms with Crippen LogP contribution in [0.5, 0.6) is 5.88 Å². The number of nitrogens with zero attached hydrogens (tertiary/aromatic N) is 3. The predicted molar refractivity (Wildman–Crippen MR) is 62.6 cm³/mol. The van der Waals surface area contributed by atoms with Gasteiger partial charge in [-0.25, -0.2) is 9.98 Å². The summed E-state index contributed by atoms with van der Waals surface area (Å²) >= 11 is 5.97. The number of hydrogen-bond acceptors (Lipinski definition) is 5. The molecule has 0 spiro atoms. The lowest BCUT2D eigenvalue weighted by Crippen LogP contribution is -2.23. The molecule has 2 rings (SSSR count). The van der Waals surface area contributed by atoms with Gasteiger partial charge >= 0.3 is 0 Å². The van der Waals surface area contributed by atoms with Gasteiger partial charge < -0.3 is 20.5 Å². The fourth-order valence-electron chi connectivity index (χ4n) is 1.37. The number of halogens is 1. The molecular formula is C9H12ClN5O2. The molecule has 92 valence electrons. The summed E-state index contributed by atoms with van der Waals surface area (Å²) in [6.07, 6.45) is 0. The summed E-state index contributed by atoms with van der Waals surface area (Å²) in [5.74, 6) is 1.03. The molecule has 8 heteroatoms. The molecule has 0 aromatic carbocycles. The van der Waals surface area contributed by atoms with Crippen LogP contribution in [-0.2, 0) is 6.61 Å². The van der Waals surface area contributed by atoms with Gasteiger partial charge in [0.05, 0.1) is 7.11 Å². The molecule has 1 fully saturated rings. The normalized spacial score (nSPS) is 14.2. The Balaban J connectivity index is 2.41. The van der Waals surface area contributed by atoms with Gasteiger partial charge in [-0.15, -0.1) is 0 Å². The lowest BCUT2D eigenvalue weighted by Gasteiger charge is -2.07. The molecule has 0 aliphatic carbocycles. The number of methoxy groups -OCH3 is 1. The number of rotatable bonds is 3. The Hall–Kier alpha value is -1.60. The highest BCUT2D eigenvalue weighted by Gasteiger charge is 2.15. The van der Waals surface area contributed by atoms with Crippen LogP contribution in [0.3, 0.4) is 0 Å². The smallest absolute Gasteiger partial charge is 0.244 e. The quantitative estimate of drug-likeness (QED) is 0.650. The molecule has 1 aliphatic heterocycles. The van der Waals surface area contributed by atoms with Crippen LogP contribution in [0.1, 0.15) is 5.82 Å². The van der Waals surface area contributed by atoms with Gasteiger partial charge in [-0.1, -0.05) is 11.6 Å². The molecule has 3 N–H and O–H groups in total. The Morgan fingerprint density at radius 1 is 1.41 bits per heavy atom. The van der Waals surface area contributed by atoms with E-state index in [1.807, 2.05) is 0 Å². The minimum absolute atomic E-state index is 0.142. The molecule has 0 amide bonds. The fraction of sp³-hybridized carbons (Fsp3) is 0.444. The SMILES string of the molecule is COc1nc(CO)nc(Cl)c1N=C1NCCN1. The molecule has 0 bridgehead atoms. The maximum atomic E-state index is 8.96. The summed E-state index contributed by atoms with van der Waals surface area (Å²) in [7, 11) is 1.46. The topological polar surface area (TPSA) is 91.7 Å². The third-order valence-electron chi connectivity index (χ3n) is 2.12. The molecule has 17 heavy (non-hydrogen) atoms. The van der Waals surface area contributed by atoms with E-state index in [4.69, 9.17) is 21.4 Å². The molecule has 2 heterocycles. The lowest BCUT2D eigenvalue weighted by atomic mass is 10.5. The second-order valence-electron chi connectivity index (χ2n) is 3.26. The van der Waals surface area contributed by atoms with Crippen LogP contribution in [0.25, 0.3) is 0 Å². The second-order valence-corrected chi connectivity index (χ2v) is 3.62. The Labute approximate surface area is 103 Å². The Kier molecular flexibility index (Phi) is 3.60. The van der Waals surface area contributed by atoms with E-state index in [2.05, 4.69) is 25.6 Å². The first-order valence-corrected chi connectivity index (χ1v) is 5.40. The summed E-state index contributed by atoms with van der Waals surface area (Å²) < 4.78 is 5.07. The van der Waals surface area contributed by atoms with Gasteiger partial charge in [-0.05, 0) is 0 Å². The first-order valence-electron chi connectivity index (χ1n) is 5.02. The number of ether oxygens (including phenoxy) is 1. The zero-order valence-corrected chi connectivity index (χ0v) is 9.95. The van der Waals surface area contributed by atoms with E-state index >= 15 is 0 Å². The highest BCUT2D eigenvalue weighted by molar-refractivity contribution is 6.32. The van der Waals surface area contributed by atoms with Gasteiger partial charge in [0.2, 0.25) is 5.88 Å². The average Bonchev–Trinajstić information content (AvgIpc) is 2.84. The summed E-state index contributed by atoms with van der Waals surface area (Å²) in [5.41, 5.74) is 0.336. The lowest BCUT2D eigenvalue weighted by molar-refractivity contribution is 0.268. The van der Waals surface area contributed by atoms with Crippen molar-refractivity contribution in [3.63, 3.8) is 0 Å². The van der Waals surface area contributed by atoms with E-state index in [0.29, 0.717) is 11.6 Å². The number of aliphatic hydroxyl groups excluding tert-OH is 1. The average molecular weight is 258 g/mol. The minimum atomic E-state index is -0.302. The summed E-state index contributed by atoms with van der Waals surface area (Å²) in [6, 6.07) is 0. The molecule has 1 aromatic rings. The van der Waals surface area contributed by atoms with E-state index in [0.717, 1.165) is 13.1 Å². The number of aliphatic imine (C=N–C) groups is 1. The van der Waals surface area contributed by atoms with Gasteiger partial charge in [0, 0.05) is 13.1 Å². The summed E-state index contributed by atoms with van der Waals surface area (Å²) in [6.45, 7) is 1.30. The van der Waals surface area contributed by atoms with Gasteiger partial charge in [-0.2, -0.15) is 4.98 Å². The van der Waals surface area contributed by atoms with Crippen molar-refractivity contribution in [3.8, 4) is 5.88 Å². The van der Waals surface area contributed by atoms with E-state index in [1.165, 1.54) is 7.11 Å². The molecular weight excluding hydrogens is 246 g/mol. The number of aliphatic hydroxyl groups is 1. The van der Waals surface area contributed by atoms with Gasteiger partial charge in [0.25, 0.3) is 0 Å². The van der Waals surface area contributed by atoms with Crippen LogP contribution < -0.4 is 15.4 Å². The fourth-order valence-corrected chi connectivity index (χ4v) is 1.59. The summed E-state index contributed by atoms with van der Waals surface area (Å²) in [5, 5.41) is 15.2. The van der Waals surface area contributed by atoms with Crippen molar-refractivity contribution >= 4 is 23.2 Å². The van der Waals surface area contributed by atoms with Crippen LogP contribution in [-0.4, -0.2) is 41.2 Å². The zero-order valence-electron chi connectivity index (χ0n) is 9.20. The molecule has 7 nitrogen and oxygen atoms in total. The molecule has 1 aromatic heterocycles. The van der Waals surface area contributed by atoms with Crippen molar-refractivity contribution in [1.29, 1.82) is 0 Å². The predicted octanol–water partition coefficient (Wildman–Crippen LogP) is -0.189. The van der Waals surface area contributed by atoms with Gasteiger partial charge in [0.1, 0.15) is 6.61 Å². The Morgan fingerprint density at radius 3 is 2.71 bits per heavy atom. The standard InChI is InChI=1S/C9H12ClN5O2/c1-17-8-6(15-9-11-2-3-12-9)7(10)13-5(4-16)14-8/h16H,2-4H2,1H3,(H2,11,12,15). The van der Waals surface area contributed by atoms with Gasteiger partial charge in [-0.3, -0.25) is 0 Å². The van der Waals surface area contributed by atoms with Crippen molar-refractivity contribution < 1.29 is 9.84 Å². The molecule has 0 saturated carbocycles. The zero-order chi connectivity index (χ0) is 12.3. The van der Waals surface area contributed by atoms with E-state index in [-0.39, 0.29) is 23.5 Å².